The lowest BCUT2D eigenvalue weighted by molar-refractivity contribution is -0.128. The Balaban J connectivity index is 2.21. The smallest absolute Gasteiger partial charge is 0.242 e. The number of thiophene rings is 1. The maximum atomic E-state index is 13.0. The van der Waals surface area contributed by atoms with Gasteiger partial charge < -0.3 is 22.5 Å². The maximum absolute atomic E-state index is 13.0. The summed E-state index contributed by atoms with van der Waals surface area (Å²) in [4.78, 5) is 29.3. The summed E-state index contributed by atoms with van der Waals surface area (Å²) in [5, 5.41) is 2.56. The molecule has 1 heterocycles. The molecule has 0 aliphatic rings. The number of primary amides is 1. The van der Waals surface area contributed by atoms with Gasteiger partial charge in [0.1, 0.15) is 12.1 Å². The van der Waals surface area contributed by atoms with Gasteiger partial charge in [-0.05, 0) is 31.4 Å². The van der Waals surface area contributed by atoms with Crippen molar-refractivity contribution in [1.29, 1.82) is 0 Å². The number of hydrogen-bond donors (Lipinski definition) is 5. The van der Waals surface area contributed by atoms with Crippen molar-refractivity contribution in [2.75, 3.05) is 6.54 Å². The summed E-state index contributed by atoms with van der Waals surface area (Å²) in [5.41, 5.74) is 16.9. The van der Waals surface area contributed by atoms with Crippen LogP contribution in [-0.2, 0) is 26.0 Å². The molecule has 2 rings (SSSR count). The Hall–Kier alpha value is -2.67. The lowest BCUT2D eigenvalue weighted by atomic mass is 10.0. The molecule has 0 aliphatic carbocycles. The second-order valence-corrected chi connectivity index (χ2v) is 10.8. The highest BCUT2D eigenvalue weighted by Crippen LogP contribution is 2.29. The molecule has 0 fully saturated rings. The van der Waals surface area contributed by atoms with Gasteiger partial charge in [-0.15, -0.1) is 11.3 Å². The number of nitrogens with one attached hydrogen (secondary N) is 2. The van der Waals surface area contributed by atoms with Gasteiger partial charge in [-0.1, -0.05) is 41.9 Å². The Morgan fingerprint density at radius 3 is 2.36 bits per heavy atom. The molecule has 2 amide bonds. The summed E-state index contributed by atoms with van der Waals surface area (Å²) in [6.45, 7) is 1.81. The van der Waals surface area contributed by atoms with Gasteiger partial charge >= 0.3 is 0 Å². The molecule has 1 unspecified atom stereocenters. The average molecular weight is 515 g/mol. The second-order valence-electron chi connectivity index (χ2n) is 7.25. The van der Waals surface area contributed by atoms with Crippen LogP contribution in [0.25, 0.3) is 0 Å². The SMILES string of the molecule is Cc1sc(Cl)cc1S(=O)(=O)NC(CCCN=C(N)N)C(=O)N[C@@H](Cc1ccccc1)C(N)=O. The number of carbonyl (C=O) groups is 2. The van der Waals surface area contributed by atoms with Crippen LogP contribution in [0.3, 0.4) is 0 Å². The van der Waals surface area contributed by atoms with Crippen LogP contribution in [0, 0.1) is 6.92 Å². The minimum atomic E-state index is -4.07. The average Bonchev–Trinajstić information content (AvgIpc) is 3.09. The molecule has 8 N–H and O–H groups in total. The monoisotopic (exact) mass is 514 g/mol. The molecule has 1 aromatic carbocycles. The highest BCUT2D eigenvalue weighted by atomic mass is 35.5. The van der Waals surface area contributed by atoms with Crippen molar-refractivity contribution in [3.05, 3.63) is 51.2 Å². The number of aliphatic imine (C=N–C) groups is 1. The third kappa shape index (κ3) is 8.31. The van der Waals surface area contributed by atoms with Gasteiger partial charge in [-0.3, -0.25) is 14.6 Å². The number of carbonyl (C=O) groups excluding carboxylic acids is 2. The highest BCUT2D eigenvalue weighted by Gasteiger charge is 2.30. The zero-order valence-corrected chi connectivity index (χ0v) is 20.3. The Bertz CT molecular complexity index is 1100. The molecule has 13 heteroatoms. The van der Waals surface area contributed by atoms with E-state index in [-0.39, 0.29) is 30.2 Å². The first-order valence-electron chi connectivity index (χ1n) is 9.97. The van der Waals surface area contributed by atoms with Crippen LogP contribution in [-0.4, -0.2) is 44.8 Å². The fourth-order valence-electron chi connectivity index (χ4n) is 3.04. The molecule has 0 spiro atoms. The van der Waals surface area contributed by atoms with Crippen molar-refractivity contribution in [1.82, 2.24) is 10.0 Å². The number of benzene rings is 1. The molecule has 0 bridgehead atoms. The summed E-state index contributed by atoms with van der Waals surface area (Å²) in [6, 6.07) is 8.10. The topological polar surface area (TPSA) is 183 Å². The van der Waals surface area contributed by atoms with Gasteiger partial charge in [0.05, 0.1) is 9.23 Å². The van der Waals surface area contributed by atoms with Crippen molar-refractivity contribution >= 4 is 50.7 Å². The van der Waals surface area contributed by atoms with Crippen LogP contribution < -0.4 is 27.2 Å². The number of sulfonamides is 1. The first-order valence-corrected chi connectivity index (χ1v) is 12.6. The summed E-state index contributed by atoms with van der Waals surface area (Å²) < 4.78 is 28.6. The van der Waals surface area contributed by atoms with E-state index in [1.165, 1.54) is 6.07 Å². The molecule has 2 aromatic rings. The fourth-order valence-corrected chi connectivity index (χ4v) is 6.10. The number of nitrogens with zero attached hydrogens (tertiary/aromatic N) is 1. The number of hydrogen-bond acceptors (Lipinski definition) is 6. The summed E-state index contributed by atoms with van der Waals surface area (Å²) in [5.74, 6) is -1.55. The molecule has 0 radical (unpaired) electrons. The van der Waals surface area contributed by atoms with Crippen molar-refractivity contribution < 1.29 is 18.0 Å². The quantitative estimate of drug-likeness (QED) is 0.157. The minimum Gasteiger partial charge on any atom is -0.370 e. The van der Waals surface area contributed by atoms with Crippen LogP contribution in [0.1, 0.15) is 23.3 Å². The zero-order chi connectivity index (χ0) is 24.6. The number of amides is 2. The van der Waals surface area contributed by atoms with Gasteiger partial charge in [0.15, 0.2) is 5.96 Å². The van der Waals surface area contributed by atoms with Gasteiger partial charge in [0, 0.05) is 17.8 Å². The molecule has 0 aliphatic heterocycles. The van der Waals surface area contributed by atoms with Gasteiger partial charge in [0.2, 0.25) is 21.8 Å². The van der Waals surface area contributed by atoms with E-state index in [0.717, 1.165) is 16.9 Å². The standard InChI is InChI=1S/C20H27ClN6O4S2/c1-12-16(11-17(21)32-12)33(30,31)27-14(8-5-9-25-20(23)24)19(29)26-15(18(22)28)10-13-6-3-2-4-7-13/h2-4,6-7,11,14-15,27H,5,8-10H2,1H3,(H2,22,28)(H,26,29)(H4,23,24,25)/t14?,15-/m0/s1. The minimum absolute atomic E-state index is 0.0183. The van der Waals surface area contributed by atoms with Crippen molar-refractivity contribution in [2.24, 2.45) is 22.2 Å². The van der Waals surface area contributed by atoms with Gasteiger partial charge in [0.25, 0.3) is 0 Å². The van der Waals surface area contributed by atoms with E-state index in [4.69, 9.17) is 28.8 Å². The molecule has 33 heavy (non-hydrogen) atoms. The molecule has 10 nitrogen and oxygen atoms in total. The van der Waals surface area contributed by atoms with Crippen molar-refractivity contribution in [2.45, 2.75) is 43.2 Å². The van der Waals surface area contributed by atoms with Crippen LogP contribution in [0.15, 0.2) is 46.3 Å². The van der Waals surface area contributed by atoms with E-state index in [1.807, 2.05) is 6.07 Å². The van der Waals surface area contributed by atoms with E-state index < -0.39 is 33.9 Å². The molecule has 0 saturated heterocycles. The van der Waals surface area contributed by atoms with Crippen LogP contribution >= 0.6 is 22.9 Å². The van der Waals surface area contributed by atoms with Crippen molar-refractivity contribution in [3.63, 3.8) is 0 Å². The summed E-state index contributed by atoms with van der Waals surface area (Å²) >= 11 is 7.05. The number of rotatable bonds is 12. The second kappa shape index (κ2) is 12.0. The molecule has 1 aromatic heterocycles. The fraction of sp³-hybridized carbons (Fsp3) is 0.350. The third-order valence-corrected chi connectivity index (χ3v) is 7.54. The van der Waals surface area contributed by atoms with Crippen molar-refractivity contribution in [3.8, 4) is 0 Å². The largest absolute Gasteiger partial charge is 0.370 e. The lowest BCUT2D eigenvalue weighted by Gasteiger charge is -2.22. The van der Waals surface area contributed by atoms with Crippen LogP contribution in [0.2, 0.25) is 4.34 Å². The Kier molecular flexibility index (Phi) is 9.65. The van der Waals surface area contributed by atoms with Gasteiger partial charge in [-0.2, -0.15) is 4.72 Å². The van der Waals surface area contributed by atoms with Crippen LogP contribution in [0.5, 0.6) is 0 Å². The number of nitrogens with two attached hydrogens (primary N) is 3. The number of halogens is 1. The van der Waals surface area contributed by atoms with E-state index in [9.17, 15) is 18.0 Å². The lowest BCUT2D eigenvalue weighted by Crippen LogP contribution is -2.53. The summed E-state index contributed by atoms with van der Waals surface area (Å²) in [7, 11) is -4.07. The first kappa shape index (κ1) is 26.6. The van der Waals surface area contributed by atoms with Gasteiger partial charge in [-0.25, -0.2) is 8.42 Å². The molecule has 180 valence electrons. The van der Waals surface area contributed by atoms with E-state index in [2.05, 4.69) is 15.0 Å². The Morgan fingerprint density at radius 1 is 1.15 bits per heavy atom. The third-order valence-electron chi connectivity index (χ3n) is 4.63. The molecule has 2 atom stereocenters. The number of aryl methyl sites for hydroxylation is 1. The maximum Gasteiger partial charge on any atom is 0.242 e. The van der Waals surface area contributed by atoms with E-state index >= 15 is 0 Å². The Morgan fingerprint density at radius 2 is 1.82 bits per heavy atom. The normalized spacial score (nSPS) is 13.2. The van der Waals surface area contributed by atoms with E-state index in [1.54, 1.807) is 31.2 Å². The highest BCUT2D eigenvalue weighted by molar-refractivity contribution is 7.89. The molecular formula is C20H27ClN6O4S2. The number of guanidine groups is 1. The predicted molar refractivity (Wildman–Crippen MR) is 129 cm³/mol. The zero-order valence-electron chi connectivity index (χ0n) is 18.0. The Labute approximate surface area is 201 Å². The molecule has 0 saturated carbocycles. The van der Waals surface area contributed by atoms with E-state index in [0.29, 0.717) is 15.6 Å². The summed E-state index contributed by atoms with van der Waals surface area (Å²) in [6.07, 6.45) is 0.548. The molecular weight excluding hydrogens is 488 g/mol. The first-order chi connectivity index (χ1) is 15.5. The predicted octanol–water partition coefficient (Wildman–Crippen LogP) is 0.623. The van der Waals surface area contributed by atoms with Crippen LogP contribution in [0.4, 0.5) is 0 Å².